The molecule has 0 saturated carbocycles. The molecule has 1 heterocycles. The van der Waals surface area contributed by atoms with E-state index in [1.807, 2.05) is 18.2 Å². The van der Waals surface area contributed by atoms with E-state index in [0.29, 0.717) is 16.9 Å². The van der Waals surface area contributed by atoms with Gasteiger partial charge < -0.3 is 5.32 Å². The van der Waals surface area contributed by atoms with Crippen molar-refractivity contribution in [1.29, 1.82) is 5.26 Å². The van der Waals surface area contributed by atoms with Crippen LogP contribution in [0.1, 0.15) is 42.3 Å². The third-order valence-corrected chi connectivity index (χ3v) is 3.15. The SMILES string of the molecule is CC(C)(C)c1ccc(C(=O)Nc2ccc(C#N)cn2)cc1. The number of nitriles is 1. The Labute approximate surface area is 124 Å². The zero-order valence-corrected chi connectivity index (χ0v) is 12.3. The van der Waals surface area contributed by atoms with Crippen LogP contribution in [0, 0.1) is 11.3 Å². The molecule has 0 saturated heterocycles. The molecule has 106 valence electrons. The van der Waals surface area contributed by atoms with Gasteiger partial charge in [0.25, 0.3) is 5.91 Å². The molecule has 0 unspecified atom stereocenters. The van der Waals surface area contributed by atoms with Gasteiger partial charge in [0.05, 0.1) is 5.56 Å². The summed E-state index contributed by atoms with van der Waals surface area (Å²) in [6.45, 7) is 6.38. The Morgan fingerprint density at radius 3 is 2.29 bits per heavy atom. The first-order chi connectivity index (χ1) is 9.90. The minimum absolute atomic E-state index is 0.0592. The smallest absolute Gasteiger partial charge is 0.256 e. The number of carbonyl (C=O) groups is 1. The second kappa shape index (κ2) is 5.76. The highest BCUT2D eigenvalue weighted by atomic mass is 16.1. The van der Waals surface area contributed by atoms with Gasteiger partial charge in [-0.05, 0) is 35.2 Å². The summed E-state index contributed by atoms with van der Waals surface area (Å²) in [6, 6.07) is 12.7. The van der Waals surface area contributed by atoms with Gasteiger partial charge in [0.15, 0.2) is 0 Å². The van der Waals surface area contributed by atoms with Gasteiger partial charge in [0.1, 0.15) is 11.9 Å². The summed E-state index contributed by atoms with van der Waals surface area (Å²) >= 11 is 0. The molecule has 2 rings (SSSR count). The van der Waals surface area contributed by atoms with Crippen molar-refractivity contribution in [3.63, 3.8) is 0 Å². The molecular weight excluding hydrogens is 262 g/mol. The van der Waals surface area contributed by atoms with Gasteiger partial charge in [-0.2, -0.15) is 5.26 Å². The number of aromatic nitrogens is 1. The number of carbonyl (C=O) groups excluding carboxylic acids is 1. The lowest BCUT2D eigenvalue weighted by Crippen LogP contribution is -2.14. The predicted molar refractivity (Wildman–Crippen MR) is 82.0 cm³/mol. The average molecular weight is 279 g/mol. The number of amides is 1. The number of anilines is 1. The van der Waals surface area contributed by atoms with Gasteiger partial charge in [-0.25, -0.2) is 4.98 Å². The van der Waals surface area contributed by atoms with Crippen molar-refractivity contribution in [3.05, 3.63) is 59.3 Å². The Hall–Kier alpha value is -2.67. The van der Waals surface area contributed by atoms with E-state index in [0.717, 1.165) is 0 Å². The summed E-state index contributed by atoms with van der Waals surface area (Å²) in [7, 11) is 0. The summed E-state index contributed by atoms with van der Waals surface area (Å²) in [5.74, 6) is 0.214. The zero-order chi connectivity index (χ0) is 15.5. The summed E-state index contributed by atoms with van der Waals surface area (Å²) in [5.41, 5.74) is 2.27. The predicted octanol–water partition coefficient (Wildman–Crippen LogP) is 3.50. The van der Waals surface area contributed by atoms with Gasteiger partial charge in [0.2, 0.25) is 0 Å². The van der Waals surface area contributed by atoms with Gasteiger partial charge in [-0.1, -0.05) is 32.9 Å². The molecule has 1 aromatic heterocycles. The molecule has 21 heavy (non-hydrogen) atoms. The third-order valence-electron chi connectivity index (χ3n) is 3.15. The Morgan fingerprint density at radius 1 is 1.14 bits per heavy atom. The largest absolute Gasteiger partial charge is 0.307 e. The number of nitrogens with one attached hydrogen (secondary N) is 1. The molecule has 1 N–H and O–H groups in total. The van der Waals surface area contributed by atoms with Crippen LogP contribution < -0.4 is 5.32 Å². The Bertz CT molecular complexity index is 674. The lowest BCUT2D eigenvalue weighted by Gasteiger charge is -2.19. The first kappa shape index (κ1) is 14.7. The Morgan fingerprint density at radius 2 is 1.81 bits per heavy atom. The third kappa shape index (κ3) is 3.67. The van der Waals surface area contributed by atoms with Crippen LogP contribution in [0.3, 0.4) is 0 Å². The number of rotatable bonds is 2. The number of hydrogen-bond acceptors (Lipinski definition) is 3. The topological polar surface area (TPSA) is 65.8 Å². The van der Waals surface area contributed by atoms with E-state index in [2.05, 4.69) is 31.1 Å². The van der Waals surface area contributed by atoms with Crippen molar-refractivity contribution in [2.75, 3.05) is 5.32 Å². The van der Waals surface area contributed by atoms with Crippen molar-refractivity contribution in [1.82, 2.24) is 4.98 Å². The molecule has 0 fully saturated rings. The monoisotopic (exact) mass is 279 g/mol. The maximum Gasteiger partial charge on any atom is 0.256 e. The lowest BCUT2D eigenvalue weighted by atomic mass is 9.87. The molecule has 0 atom stereocenters. The standard InChI is InChI=1S/C17H17N3O/c1-17(2,3)14-7-5-13(6-8-14)16(21)20-15-9-4-12(10-18)11-19-15/h4-9,11H,1-3H3,(H,19,20,21). The van der Waals surface area contributed by atoms with Crippen LogP contribution in [0.2, 0.25) is 0 Å². The molecule has 0 spiro atoms. The van der Waals surface area contributed by atoms with Crippen molar-refractivity contribution in [3.8, 4) is 6.07 Å². The fraction of sp³-hybridized carbons (Fsp3) is 0.235. The molecule has 0 radical (unpaired) electrons. The molecule has 0 aliphatic carbocycles. The highest BCUT2D eigenvalue weighted by Gasteiger charge is 2.14. The number of hydrogen-bond donors (Lipinski definition) is 1. The Kier molecular flexibility index (Phi) is 4.04. The summed E-state index contributed by atoms with van der Waals surface area (Å²) in [5, 5.41) is 11.4. The average Bonchev–Trinajstić information content (AvgIpc) is 2.47. The molecule has 0 aliphatic heterocycles. The molecule has 0 aliphatic rings. The van der Waals surface area contributed by atoms with Crippen molar-refractivity contribution in [2.45, 2.75) is 26.2 Å². The Balaban J connectivity index is 2.11. The fourth-order valence-corrected chi connectivity index (χ4v) is 1.84. The van der Waals surface area contributed by atoms with Crippen LogP contribution >= 0.6 is 0 Å². The van der Waals surface area contributed by atoms with E-state index in [9.17, 15) is 4.79 Å². The van der Waals surface area contributed by atoms with Crippen molar-refractivity contribution < 1.29 is 4.79 Å². The molecule has 4 nitrogen and oxygen atoms in total. The fourth-order valence-electron chi connectivity index (χ4n) is 1.84. The first-order valence-corrected chi connectivity index (χ1v) is 6.68. The summed E-state index contributed by atoms with van der Waals surface area (Å²) < 4.78 is 0. The molecular formula is C17H17N3O. The molecule has 4 heteroatoms. The van der Waals surface area contributed by atoms with Gasteiger partial charge in [0, 0.05) is 11.8 Å². The zero-order valence-electron chi connectivity index (χ0n) is 12.3. The van der Waals surface area contributed by atoms with Crippen LogP contribution in [0.5, 0.6) is 0 Å². The highest BCUT2D eigenvalue weighted by molar-refractivity contribution is 6.03. The van der Waals surface area contributed by atoms with E-state index >= 15 is 0 Å². The molecule has 0 bridgehead atoms. The number of pyridine rings is 1. The second-order valence-corrected chi connectivity index (χ2v) is 5.83. The highest BCUT2D eigenvalue weighted by Crippen LogP contribution is 2.22. The maximum atomic E-state index is 12.1. The normalized spacial score (nSPS) is 10.8. The van der Waals surface area contributed by atoms with Gasteiger partial charge in [-0.3, -0.25) is 4.79 Å². The summed E-state index contributed by atoms with van der Waals surface area (Å²) in [4.78, 5) is 16.1. The van der Waals surface area contributed by atoms with Gasteiger partial charge in [-0.15, -0.1) is 0 Å². The maximum absolute atomic E-state index is 12.1. The van der Waals surface area contributed by atoms with Crippen LogP contribution in [0.15, 0.2) is 42.6 Å². The van der Waals surface area contributed by atoms with E-state index in [-0.39, 0.29) is 11.3 Å². The number of benzene rings is 1. The summed E-state index contributed by atoms with van der Waals surface area (Å²) in [6.07, 6.45) is 1.43. The van der Waals surface area contributed by atoms with Crippen LogP contribution in [-0.2, 0) is 5.41 Å². The van der Waals surface area contributed by atoms with E-state index in [1.165, 1.54) is 11.8 Å². The van der Waals surface area contributed by atoms with Gasteiger partial charge >= 0.3 is 0 Å². The van der Waals surface area contributed by atoms with Crippen LogP contribution in [0.4, 0.5) is 5.82 Å². The quantitative estimate of drug-likeness (QED) is 0.914. The van der Waals surface area contributed by atoms with E-state index < -0.39 is 0 Å². The lowest BCUT2D eigenvalue weighted by molar-refractivity contribution is 0.102. The first-order valence-electron chi connectivity index (χ1n) is 6.68. The van der Waals surface area contributed by atoms with E-state index in [4.69, 9.17) is 5.26 Å². The minimum atomic E-state index is -0.215. The molecule has 1 aromatic carbocycles. The van der Waals surface area contributed by atoms with Crippen LogP contribution in [0.25, 0.3) is 0 Å². The van der Waals surface area contributed by atoms with Crippen molar-refractivity contribution in [2.24, 2.45) is 0 Å². The number of nitrogens with zero attached hydrogens (tertiary/aromatic N) is 2. The molecule has 1 amide bonds. The van der Waals surface area contributed by atoms with E-state index in [1.54, 1.807) is 24.3 Å². The van der Waals surface area contributed by atoms with Crippen LogP contribution in [-0.4, -0.2) is 10.9 Å². The van der Waals surface area contributed by atoms with Crippen molar-refractivity contribution >= 4 is 11.7 Å². The molecule has 2 aromatic rings. The minimum Gasteiger partial charge on any atom is -0.307 e. The second-order valence-electron chi connectivity index (χ2n) is 5.83.